The third-order valence-electron chi connectivity index (χ3n) is 10.9. The molecule has 9 heteroatoms. The van der Waals surface area contributed by atoms with E-state index in [0.29, 0.717) is 30.2 Å². The molecular weight excluding hydrogens is 578 g/mol. The monoisotopic (exact) mass is 616 g/mol. The first kappa shape index (κ1) is 30.0. The number of ketones is 1. The zero-order valence-electron chi connectivity index (χ0n) is 24.4. The number of carbonyl (C=O) groups excluding carboxylic acids is 2. The number of hydrogen-bond acceptors (Lipinski definition) is 5. The maximum atomic E-state index is 16.0. The summed E-state index contributed by atoms with van der Waals surface area (Å²) in [5.41, 5.74) is 0.0505. The zero-order valence-corrected chi connectivity index (χ0v) is 25.9. The van der Waals surface area contributed by atoms with Gasteiger partial charge in [0.05, 0.1) is 24.2 Å². The number of Topliss-reactive ketones (excluding diaryl/α,β-unsaturated/α-hetero) is 1. The molecule has 1 unspecified atom stereocenters. The van der Waals surface area contributed by atoms with Crippen molar-refractivity contribution in [2.75, 3.05) is 11.9 Å². The highest BCUT2D eigenvalue weighted by Crippen LogP contribution is 2.72. The van der Waals surface area contributed by atoms with Gasteiger partial charge in [0.25, 0.3) is 0 Å². The average Bonchev–Trinajstić information content (AvgIpc) is 3.40. The van der Waals surface area contributed by atoms with Gasteiger partial charge in [-0.05, 0) is 97.9 Å². The van der Waals surface area contributed by atoms with Crippen LogP contribution in [0.3, 0.4) is 0 Å². The highest BCUT2D eigenvalue weighted by molar-refractivity contribution is 6.31. The fourth-order valence-electron chi connectivity index (χ4n) is 8.70. The summed E-state index contributed by atoms with van der Waals surface area (Å²) in [4.78, 5) is 33.0. The number of pyridine rings is 1. The molecule has 2 N–H and O–H groups in total. The topological polar surface area (TPSA) is 88.5 Å². The molecule has 6 nitrogen and oxygen atoms in total. The second-order valence-corrected chi connectivity index (χ2v) is 14.7. The summed E-state index contributed by atoms with van der Waals surface area (Å²) in [6.45, 7) is 6.60. The largest absolute Gasteiger partial charge is 0.391 e. The Morgan fingerprint density at radius 3 is 2.60 bits per heavy atom. The maximum absolute atomic E-state index is 16.0. The SMILES string of the molecule is CC(O)[C@@H]1CC[C@@H](CC(=O)[C@@H]2CC3(CCC(C)(C)CC3)[C@@]3(C(=O)Nc4cc(Cl)ccc43)[C@H]2c2ccnc(Cl)c2F)CO1. The van der Waals surface area contributed by atoms with Crippen molar-refractivity contribution >= 4 is 40.6 Å². The molecule has 3 fully saturated rings. The molecule has 6 atom stereocenters. The molecule has 3 heterocycles. The summed E-state index contributed by atoms with van der Waals surface area (Å²) in [7, 11) is 0. The van der Waals surface area contributed by atoms with Gasteiger partial charge in [-0.25, -0.2) is 9.37 Å². The van der Waals surface area contributed by atoms with E-state index in [0.717, 1.165) is 37.7 Å². The Hall–Kier alpha value is -2.06. The lowest BCUT2D eigenvalue weighted by atomic mass is 9.51. The number of ether oxygens (including phenoxy) is 1. The fraction of sp³-hybridized carbons (Fsp3) is 0.606. The Morgan fingerprint density at radius 1 is 1.19 bits per heavy atom. The standard InChI is InChI=1S/C33H39Cl2FN2O4/c1-18(39)26-7-4-19(17-42-26)14-25(40)22-16-32(11-9-31(2,3)10-12-32)33(27(22)21-8-13-37-29(35)28(21)36)23-6-5-20(34)15-24(23)38-30(33)41/h5-6,8,13,15,18-19,22,26-27,39H,4,7,9-12,14,16-17H2,1-3H3,(H,38,41)/t18?,19-,22-,26-,27-,33+/m0/s1. The van der Waals surface area contributed by atoms with Gasteiger partial charge >= 0.3 is 0 Å². The smallest absolute Gasteiger partial charge is 0.236 e. The molecule has 226 valence electrons. The van der Waals surface area contributed by atoms with E-state index in [9.17, 15) is 14.7 Å². The van der Waals surface area contributed by atoms with E-state index in [2.05, 4.69) is 24.1 Å². The van der Waals surface area contributed by atoms with Crippen molar-refractivity contribution in [2.45, 2.75) is 95.7 Å². The van der Waals surface area contributed by atoms with E-state index in [1.807, 2.05) is 6.07 Å². The van der Waals surface area contributed by atoms with E-state index in [-0.39, 0.29) is 46.3 Å². The summed E-state index contributed by atoms with van der Waals surface area (Å²) < 4.78 is 21.9. The summed E-state index contributed by atoms with van der Waals surface area (Å²) in [5.74, 6) is -2.21. The van der Waals surface area contributed by atoms with Crippen LogP contribution >= 0.6 is 23.2 Å². The second kappa shape index (κ2) is 10.8. The number of aromatic nitrogens is 1. The van der Waals surface area contributed by atoms with Gasteiger partial charge in [0, 0.05) is 35.2 Å². The molecular formula is C33H39Cl2FN2O4. The van der Waals surface area contributed by atoms with Crippen LogP contribution in [0, 0.1) is 28.5 Å². The van der Waals surface area contributed by atoms with Crippen LogP contribution in [0.15, 0.2) is 30.5 Å². The van der Waals surface area contributed by atoms with Crippen LogP contribution in [0.25, 0.3) is 0 Å². The van der Waals surface area contributed by atoms with Gasteiger partial charge in [-0.1, -0.05) is 43.1 Å². The molecule has 0 bridgehead atoms. The van der Waals surface area contributed by atoms with Gasteiger partial charge < -0.3 is 15.2 Å². The van der Waals surface area contributed by atoms with Crippen molar-refractivity contribution in [3.8, 4) is 0 Å². The van der Waals surface area contributed by atoms with E-state index < -0.39 is 34.6 Å². The molecule has 2 spiro atoms. The molecule has 1 amide bonds. The highest BCUT2D eigenvalue weighted by Gasteiger charge is 2.72. The number of hydrogen-bond donors (Lipinski definition) is 2. The number of anilines is 1. The van der Waals surface area contributed by atoms with Crippen LogP contribution in [0.1, 0.15) is 89.2 Å². The number of benzene rings is 1. The Morgan fingerprint density at radius 2 is 1.93 bits per heavy atom. The van der Waals surface area contributed by atoms with E-state index in [1.54, 1.807) is 25.1 Å². The van der Waals surface area contributed by atoms with Crippen LogP contribution < -0.4 is 5.32 Å². The van der Waals surface area contributed by atoms with Crippen molar-refractivity contribution < 1.29 is 23.8 Å². The first-order chi connectivity index (χ1) is 19.9. The summed E-state index contributed by atoms with van der Waals surface area (Å²) in [6, 6.07) is 7.02. The normalized spacial score (nSPS) is 32.1. The van der Waals surface area contributed by atoms with Crippen molar-refractivity contribution in [1.82, 2.24) is 4.98 Å². The van der Waals surface area contributed by atoms with Crippen molar-refractivity contribution in [1.29, 1.82) is 0 Å². The maximum Gasteiger partial charge on any atom is 0.236 e. The number of fused-ring (bicyclic) bond motifs is 3. The lowest BCUT2D eigenvalue weighted by Gasteiger charge is -2.51. The second-order valence-electron chi connectivity index (χ2n) is 13.9. The molecule has 1 aromatic carbocycles. The minimum Gasteiger partial charge on any atom is -0.391 e. The third-order valence-corrected chi connectivity index (χ3v) is 11.4. The Kier molecular flexibility index (Phi) is 7.73. The number of carbonyl (C=O) groups is 2. The predicted octanol–water partition coefficient (Wildman–Crippen LogP) is 7.24. The number of halogens is 3. The Labute approximate surface area is 256 Å². The van der Waals surface area contributed by atoms with Crippen molar-refractivity contribution in [3.63, 3.8) is 0 Å². The molecule has 1 saturated heterocycles. The summed E-state index contributed by atoms with van der Waals surface area (Å²) >= 11 is 12.6. The third kappa shape index (κ3) is 4.70. The quantitative estimate of drug-likeness (QED) is 0.346. The molecule has 2 aliphatic heterocycles. The van der Waals surface area contributed by atoms with Crippen LogP contribution in [-0.4, -0.2) is 40.6 Å². The lowest BCUT2D eigenvalue weighted by molar-refractivity contribution is -0.128. The van der Waals surface area contributed by atoms with Gasteiger partial charge in [0.15, 0.2) is 11.0 Å². The molecule has 6 rings (SSSR count). The Bertz CT molecular complexity index is 1400. The van der Waals surface area contributed by atoms with Crippen LogP contribution in [0.4, 0.5) is 10.1 Å². The van der Waals surface area contributed by atoms with Crippen LogP contribution in [0.2, 0.25) is 10.2 Å². The van der Waals surface area contributed by atoms with Crippen molar-refractivity contribution in [2.24, 2.45) is 22.7 Å². The number of nitrogens with zero attached hydrogens (tertiary/aromatic N) is 1. The van der Waals surface area contributed by atoms with Crippen LogP contribution in [-0.2, 0) is 19.7 Å². The first-order valence-electron chi connectivity index (χ1n) is 15.1. The molecule has 2 aliphatic carbocycles. The minimum absolute atomic E-state index is 0.000288. The average molecular weight is 618 g/mol. The molecule has 2 saturated carbocycles. The molecule has 0 radical (unpaired) electrons. The number of amides is 1. The van der Waals surface area contributed by atoms with Gasteiger partial charge in [-0.2, -0.15) is 0 Å². The fourth-order valence-corrected chi connectivity index (χ4v) is 9.04. The number of rotatable bonds is 5. The number of aliphatic hydroxyl groups is 1. The summed E-state index contributed by atoms with van der Waals surface area (Å²) in [6.07, 6.45) is 6.18. The minimum atomic E-state index is -1.17. The Balaban J connectivity index is 1.49. The highest BCUT2D eigenvalue weighted by atomic mass is 35.5. The summed E-state index contributed by atoms with van der Waals surface area (Å²) in [5, 5.41) is 13.3. The van der Waals surface area contributed by atoms with Gasteiger partial charge in [0.2, 0.25) is 5.91 Å². The van der Waals surface area contributed by atoms with E-state index in [4.69, 9.17) is 27.9 Å². The first-order valence-corrected chi connectivity index (χ1v) is 15.9. The van der Waals surface area contributed by atoms with E-state index >= 15 is 4.39 Å². The number of nitrogens with one attached hydrogen (secondary N) is 1. The lowest BCUT2D eigenvalue weighted by Crippen LogP contribution is -2.52. The number of aliphatic hydroxyl groups excluding tert-OH is 1. The molecule has 42 heavy (non-hydrogen) atoms. The van der Waals surface area contributed by atoms with Gasteiger partial charge in [-0.3, -0.25) is 9.59 Å². The molecule has 1 aromatic heterocycles. The molecule has 4 aliphatic rings. The molecule has 2 aromatic rings. The predicted molar refractivity (Wildman–Crippen MR) is 160 cm³/mol. The van der Waals surface area contributed by atoms with Gasteiger partial charge in [0.1, 0.15) is 5.78 Å². The van der Waals surface area contributed by atoms with E-state index in [1.165, 1.54) is 6.20 Å². The zero-order chi connectivity index (χ0) is 30.0. The van der Waals surface area contributed by atoms with Crippen LogP contribution in [0.5, 0.6) is 0 Å². The van der Waals surface area contributed by atoms with Gasteiger partial charge in [-0.15, -0.1) is 0 Å². The van der Waals surface area contributed by atoms with Crippen molar-refractivity contribution in [3.05, 3.63) is 57.6 Å².